The van der Waals surface area contributed by atoms with Gasteiger partial charge >= 0.3 is 0 Å². The molecule has 32 heavy (non-hydrogen) atoms. The smallest absolute Gasteiger partial charge is 0.279 e. The van der Waals surface area contributed by atoms with Crippen LogP contribution >= 0.6 is 11.6 Å². The Balaban J connectivity index is 1.56. The van der Waals surface area contributed by atoms with Crippen molar-refractivity contribution in [2.75, 3.05) is 11.9 Å². The van der Waals surface area contributed by atoms with Crippen LogP contribution in [-0.4, -0.2) is 51.7 Å². The zero-order valence-electron chi connectivity index (χ0n) is 18.1. The number of hydrogen-bond donors (Lipinski definition) is 3. The standard InChI is InChI=1S/C21H25ClN6O4/c1-11-9-13(7-8-31-11)28-16(29)10-21(3,25-20(28)23)14-5-4-6-15(17(14)22)24-19(30)18-12(2)26-32-27-18/h4-6,11,13H,7-10H2,1-3H3,(H2,23,25)(H,24,30)/t11-,13-,21+/m1/s1. The summed E-state index contributed by atoms with van der Waals surface area (Å²) in [6, 6.07) is 5.09. The summed E-state index contributed by atoms with van der Waals surface area (Å²) < 4.78 is 10.2. The van der Waals surface area contributed by atoms with Crippen LogP contribution in [0.1, 0.15) is 54.9 Å². The molecule has 2 aliphatic rings. The normalized spacial score (nSPS) is 26.1. The highest BCUT2D eigenvalue weighted by Gasteiger charge is 2.43. The molecule has 0 unspecified atom stereocenters. The molecule has 0 radical (unpaired) electrons. The highest BCUT2D eigenvalue weighted by molar-refractivity contribution is 6.35. The van der Waals surface area contributed by atoms with Crippen molar-refractivity contribution in [3.05, 3.63) is 40.2 Å². The summed E-state index contributed by atoms with van der Waals surface area (Å²) >= 11 is 6.65. The number of hydrogen-bond acceptors (Lipinski definition) is 7. The zero-order chi connectivity index (χ0) is 23.0. The summed E-state index contributed by atoms with van der Waals surface area (Å²) in [6.45, 7) is 5.96. The van der Waals surface area contributed by atoms with Gasteiger partial charge in [0.25, 0.3) is 5.91 Å². The van der Waals surface area contributed by atoms with Gasteiger partial charge in [-0.25, -0.2) is 4.63 Å². The van der Waals surface area contributed by atoms with Crippen LogP contribution in [0.5, 0.6) is 0 Å². The number of aromatic nitrogens is 2. The maximum atomic E-state index is 13.1. The van der Waals surface area contributed by atoms with Gasteiger partial charge in [0.05, 0.1) is 28.8 Å². The van der Waals surface area contributed by atoms with Gasteiger partial charge in [0.15, 0.2) is 11.7 Å². The van der Waals surface area contributed by atoms with E-state index in [0.29, 0.717) is 36.4 Å². The molecule has 170 valence electrons. The average Bonchev–Trinajstić information content (AvgIpc) is 3.15. The van der Waals surface area contributed by atoms with E-state index in [1.54, 1.807) is 25.1 Å². The van der Waals surface area contributed by atoms with Gasteiger partial charge in [0.1, 0.15) is 5.69 Å². The lowest BCUT2D eigenvalue weighted by Crippen LogP contribution is -2.63. The lowest BCUT2D eigenvalue weighted by Gasteiger charge is -2.45. The molecule has 2 aliphatic heterocycles. The molecule has 3 N–H and O–H groups in total. The van der Waals surface area contributed by atoms with Gasteiger partial charge in [-0.3, -0.25) is 19.9 Å². The average molecular weight is 461 g/mol. The number of guanidine groups is 1. The second-order valence-electron chi connectivity index (χ2n) is 8.43. The van der Waals surface area contributed by atoms with Crippen molar-refractivity contribution in [1.82, 2.24) is 20.5 Å². The third-order valence-corrected chi connectivity index (χ3v) is 6.35. The third kappa shape index (κ3) is 4.07. The molecular formula is C21H25ClN6O4. The van der Waals surface area contributed by atoms with E-state index in [2.05, 4.69) is 25.6 Å². The highest BCUT2D eigenvalue weighted by Crippen LogP contribution is 2.38. The summed E-state index contributed by atoms with van der Waals surface area (Å²) in [6.07, 6.45) is 1.53. The Morgan fingerprint density at radius 1 is 1.41 bits per heavy atom. The number of aryl methyl sites for hydroxylation is 1. The Bertz CT molecular complexity index is 1050. The predicted molar refractivity (Wildman–Crippen MR) is 117 cm³/mol. The molecule has 0 saturated carbocycles. The fourth-order valence-electron chi connectivity index (χ4n) is 4.31. The highest BCUT2D eigenvalue weighted by atomic mass is 35.5. The van der Waals surface area contributed by atoms with Crippen molar-refractivity contribution in [1.29, 1.82) is 5.41 Å². The molecule has 2 fully saturated rings. The molecule has 2 saturated heterocycles. The van der Waals surface area contributed by atoms with Crippen LogP contribution in [0.25, 0.3) is 0 Å². The Morgan fingerprint density at radius 3 is 2.84 bits per heavy atom. The molecule has 11 heteroatoms. The number of nitrogens with one attached hydrogen (secondary N) is 3. The van der Waals surface area contributed by atoms with E-state index in [1.165, 1.54) is 4.90 Å². The van der Waals surface area contributed by atoms with Gasteiger partial charge < -0.3 is 15.4 Å². The lowest BCUT2D eigenvalue weighted by molar-refractivity contribution is -0.134. The number of anilines is 1. The minimum absolute atomic E-state index is 0.0395. The van der Waals surface area contributed by atoms with Crippen LogP contribution in [0.4, 0.5) is 5.69 Å². The number of rotatable bonds is 4. The molecule has 3 heterocycles. The van der Waals surface area contributed by atoms with Gasteiger partial charge in [0.2, 0.25) is 5.91 Å². The minimum atomic E-state index is -0.912. The number of benzene rings is 1. The summed E-state index contributed by atoms with van der Waals surface area (Å²) in [5, 5.41) is 21.9. The largest absolute Gasteiger partial charge is 0.378 e. The van der Waals surface area contributed by atoms with Crippen molar-refractivity contribution < 1.29 is 19.0 Å². The first-order valence-corrected chi connectivity index (χ1v) is 10.8. The fourth-order valence-corrected chi connectivity index (χ4v) is 4.69. The Kier molecular flexibility index (Phi) is 5.91. The Hall–Kier alpha value is -2.98. The molecule has 10 nitrogen and oxygen atoms in total. The van der Waals surface area contributed by atoms with E-state index >= 15 is 0 Å². The molecule has 2 amide bonds. The predicted octanol–water partition coefficient (Wildman–Crippen LogP) is 2.82. The van der Waals surface area contributed by atoms with E-state index < -0.39 is 11.4 Å². The number of carbonyl (C=O) groups excluding carboxylic acids is 2. The second-order valence-corrected chi connectivity index (χ2v) is 8.80. The van der Waals surface area contributed by atoms with Crippen LogP contribution in [0.3, 0.4) is 0 Å². The van der Waals surface area contributed by atoms with Crippen molar-refractivity contribution in [3.8, 4) is 0 Å². The lowest BCUT2D eigenvalue weighted by atomic mass is 9.85. The first-order valence-electron chi connectivity index (χ1n) is 10.4. The van der Waals surface area contributed by atoms with Gasteiger partial charge in [-0.15, -0.1) is 0 Å². The maximum Gasteiger partial charge on any atom is 0.279 e. The van der Waals surface area contributed by atoms with Crippen LogP contribution < -0.4 is 10.6 Å². The van der Waals surface area contributed by atoms with Crippen molar-refractivity contribution in [2.24, 2.45) is 0 Å². The molecule has 4 rings (SSSR count). The summed E-state index contributed by atoms with van der Waals surface area (Å²) in [4.78, 5) is 27.2. The van der Waals surface area contributed by atoms with Crippen molar-refractivity contribution in [3.63, 3.8) is 0 Å². The van der Waals surface area contributed by atoms with Gasteiger partial charge in [-0.1, -0.05) is 28.9 Å². The molecule has 0 aliphatic carbocycles. The van der Waals surface area contributed by atoms with Crippen molar-refractivity contribution >= 4 is 35.1 Å². The van der Waals surface area contributed by atoms with Crippen LogP contribution in [-0.2, 0) is 15.1 Å². The zero-order valence-corrected chi connectivity index (χ0v) is 18.8. The summed E-state index contributed by atoms with van der Waals surface area (Å²) in [5.41, 5.74) is 0.471. The number of halogens is 1. The molecule has 2 aromatic rings. The van der Waals surface area contributed by atoms with E-state index in [4.69, 9.17) is 21.7 Å². The number of carbonyl (C=O) groups is 2. The first-order chi connectivity index (χ1) is 15.2. The number of ether oxygens (including phenoxy) is 1. The van der Waals surface area contributed by atoms with Crippen LogP contribution in [0.2, 0.25) is 5.02 Å². The number of nitrogens with zero attached hydrogens (tertiary/aromatic N) is 3. The van der Waals surface area contributed by atoms with Gasteiger partial charge in [0, 0.05) is 12.6 Å². The molecule has 0 spiro atoms. The monoisotopic (exact) mass is 460 g/mol. The van der Waals surface area contributed by atoms with Gasteiger partial charge in [-0.2, -0.15) is 0 Å². The van der Waals surface area contributed by atoms with Crippen LogP contribution in [0.15, 0.2) is 22.8 Å². The minimum Gasteiger partial charge on any atom is -0.378 e. The van der Waals surface area contributed by atoms with E-state index in [9.17, 15) is 9.59 Å². The Labute approximate surface area is 190 Å². The third-order valence-electron chi connectivity index (χ3n) is 5.94. The summed E-state index contributed by atoms with van der Waals surface area (Å²) in [5.74, 6) is -0.615. The quantitative estimate of drug-likeness (QED) is 0.638. The summed E-state index contributed by atoms with van der Waals surface area (Å²) in [7, 11) is 0. The SMILES string of the molecule is Cc1nonc1C(=O)Nc1cccc([C@]2(C)CC(=O)N([C@@H]3CCO[C@H](C)C3)C(=N)N2)c1Cl. The van der Waals surface area contributed by atoms with Crippen molar-refractivity contribution in [2.45, 2.75) is 57.7 Å². The Morgan fingerprint density at radius 2 is 2.19 bits per heavy atom. The first kappa shape index (κ1) is 22.2. The van der Waals surface area contributed by atoms with E-state index in [0.717, 1.165) is 0 Å². The number of amides is 2. The van der Waals surface area contributed by atoms with Gasteiger partial charge in [-0.05, 0) is 50.4 Å². The maximum absolute atomic E-state index is 13.1. The second kappa shape index (κ2) is 8.51. The topological polar surface area (TPSA) is 133 Å². The van der Waals surface area contributed by atoms with Crippen LogP contribution in [0, 0.1) is 12.3 Å². The molecule has 1 aromatic heterocycles. The molecular weight excluding hydrogens is 436 g/mol. The molecule has 1 aromatic carbocycles. The van der Waals surface area contributed by atoms with E-state index in [1.807, 2.05) is 13.8 Å². The van der Waals surface area contributed by atoms with E-state index in [-0.39, 0.29) is 41.1 Å². The molecule has 0 bridgehead atoms. The fraction of sp³-hybridized carbons (Fsp3) is 0.476. The molecule has 3 atom stereocenters.